The zero-order chi connectivity index (χ0) is 16.4. The highest BCUT2D eigenvalue weighted by atomic mass is 16.5. The molecule has 0 unspecified atom stereocenters. The SMILES string of the molecule is O=C(Cc1cccnc1)N1CC[C@@H]1c1nc(-c2cccnc2)no1. The molecule has 0 saturated carbocycles. The zero-order valence-electron chi connectivity index (χ0n) is 12.9. The van der Waals surface area contributed by atoms with Crippen molar-refractivity contribution in [1.29, 1.82) is 0 Å². The van der Waals surface area contributed by atoms with Crippen molar-refractivity contribution in [2.75, 3.05) is 6.54 Å². The molecule has 7 heteroatoms. The van der Waals surface area contributed by atoms with Gasteiger partial charge in [-0.05, 0) is 30.2 Å². The van der Waals surface area contributed by atoms with Gasteiger partial charge in [-0.15, -0.1) is 0 Å². The minimum Gasteiger partial charge on any atom is -0.337 e. The molecular formula is C17H15N5O2. The fraction of sp³-hybridized carbons (Fsp3) is 0.235. The van der Waals surface area contributed by atoms with E-state index in [1.165, 1.54) is 0 Å². The van der Waals surface area contributed by atoms with E-state index in [1.54, 1.807) is 29.7 Å². The summed E-state index contributed by atoms with van der Waals surface area (Å²) in [5.41, 5.74) is 1.69. The summed E-state index contributed by atoms with van der Waals surface area (Å²) in [6.45, 7) is 0.703. The normalized spacial score (nSPS) is 16.7. The van der Waals surface area contributed by atoms with Crippen LogP contribution in [0.4, 0.5) is 0 Å². The Labute approximate surface area is 138 Å². The van der Waals surface area contributed by atoms with E-state index in [0.29, 0.717) is 24.7 Å². The molecule has 0 aromatic carbocycles. The second-order valence-electron chi connectivity index (χ2n) is 5.63. The standard InChI is InChI=1S/C17H15N5O2/c23-15(9-12-3-1-6-18-10-12)22-8-5-14(22)17-20-16(21-24-17)13-4-2-7-19-11-13/h1-4,6-7,10-11,14H,5,8-9H2/t14-/m1/s1. The Balaban J connectivity index is 1.47. The summed E-state index contributed by atoms with van der Waals surface area (Å²) >= 11 is 0. The predicted molar refractivity (Wildman–Crippen MR) is 84.5 cm³/mol. The Bertz CT molecular complexity index is 834. The van der Waals surface area contributed by atoms with Gasteiger partial charge < -0.3 is 9.42 Å². The number of carbonyl (C=O) groups is 1. The summed E-state index contributed by atoms with van der Waals surface area (Å²) in [5, 5.41) is 3.99. The van der Waals surface area contributed by atoms with Crippen LogP contribution in [0.1, 0.15) is 23.9 Å². The molecule has 7 nitrogen and oxygen atoms in total. The average Bonchev–Trinajstić information content (AvgIpc) is 3.05. The molecule has 4 heterocycles. The van der Waals surface area contributed by atoms with Gasteiger partial charge in [-0.2, -0.15) is 4.98 Å². The number of nitrogens with zero attached hydrogens (tertiary/aromatic N) is 5. The Morgan fingerprint density at radius 1 is 1.21 bits per heavy atom. The van der Waals surface area contributed by atoms with Gasteiger partial charge in [0.25, 0.3) is 0 Å². The first kappa shape index (κ1) is 14.5. The molecule has 4 rings (SSSR count). The molecule has 0 radical (unpaired) electrons. The number of likely N-dealkylation sites (tertiary alicyclic amines) is 1. The number of pyridine rings is 2. The summed E-state index contributed by atoms with van der Waals surface area (Å²) in [6, 6.07) is 7.26. The topological polar surface area (TPSA) is 85.0 Å². The molecule has 1 aliphatic rings. The lowest BCUT2D eigenvalue weighted by Crippen LogP contribution is -2.46. The maximum Gasteiger partial charge on any atom is 0.249 e. The van der Waals surface area contributed by atoms with Crippen molar-refractivity contribution in [1.82, 2.24) is 25.0 Å². The Hall–Kier alpha value is -3.09. The van der Waals surface area contributed by atoms with Crippen LogP contribution in [0, 0.1) is 0 Å². The summed E-state index contributed by atoms with van der Waals surface area (Å²) in [5.74, 6) is 1.00. The van der Waals surface area contributed by atoms with Crippen LogP contribution in [0.15, 0.2) is 53.6 Å². The lowest BCUT2D eigenvalue weighted by molar-refractivity contribution is -0.139. The number of amides is 1. The van der Waals surface area contributed by atoms with Crippen molar-refractivity contribution in [3.05, 3.63) is 60.5 Å². The van der Waals surface area contributed by atoms with E-state index in [0.717, 1.165) is 17.5 Å². The highest BCUT2D eigenvalue weighted by molar-refractivity contribution is 5.79. The first-order chi connectivity index (χ1) is 11.8. The third-order valence-electron chi connectivity index (χ3n) is 4.06. The maximum atomic E-state index is 12.5. The average molecular weight is 321 g/mol. The van der Waals surface area contributed by atoms with Crippen LogP contribution in [0.25, 0.3) is 11.4 Å². The molecule has 1 aliphatic heterocycles. The van der Waals surface area contributed by atoms with Gasteiger partial charge in [-0.25, -0.2) is 0 Å². The molecule has 0 bridgehead atoms. The van der Waals surface area contributed by atoms with Crippen LogP contribution in [0.2, 0.25) is 0 Å². The third kappa shape index (κ3) is 2.76. The molecule has 1 amide bonds. The quantitative estimate of drug-likeness (QED) is 0.731. The van der Waals surface area contributed by atoms with Gasteiger partial charge in [-0.3, -0.25) is 14.8 Å². The van der Waals surface area contributed by atoms with E-state index >= 15 is 0 Å². The van der Waals surface area contributed by atoms with Crippen molar-refractivity contribution in [3.63, 3.8) is 0 Å². The van der Waals surface area contributed by atoms with E-state index in [9.17, 15) is 4.79 Å². The van der Waals surface area contributed by atoms with Crippen LogP contribution < -0.4 is 0 Å². The molecule has 3 aromatic rings. The molecule has 24 heavy (non-hydrogen) atoms. The largest absolute Gasteiger partial charge is 0.337 e. The molecule has 0 N–H and O–H groups in total. The van der Waals surface area contributed by atoms with Crippen LogP contribution in [0.3, 0.4) is 0 Å². The summed E-state index contributed by atoms with van der Waals surface area (Å²) in [6.07, 6.45) is 7.93. The van der Waals surface area contributed by atoms with Gasteiger partial charge in [0.2, 0.25) is 17.6 Å². The number of hydrogen-bond donors (Lipinski definition) is 0. The van der Waals surface area contributed by atoms with Gasteiger partial charge in [0, 0.05) is 36.9 Å². The molecule has 1 fully saturated rings. The molecule has 0 spiro atoms. The second kappa shape index (κ2) is 6.19. The van der Waals surface area contributed by atoms with E-state index in [4.69, 9.17) is 4.52 Å². The fourth-order valence-electron chi connectivity index (χ4n) is 2.70. The highest BCUT2D eigenvalue weighted by Gasteiger charge is 2.37. The van der Waals surface area contributed by atoms with Gasteiger partial charge in [0.05, 0.1) is 6.42 Å². The van der Waals surface area contributed by atoms with Crippen LogP contribution in [0.5, 0.6) is 0 Å². The summed E-state index contributed by atoms with van der Waals surface area (Å²) in [4.78, 5) is 26.7. The zero-order valence-corrected chi connectivity index (χ0v) is 12.9. The van der Waals surface area contributed by atoms with E-state index in [1.807, 2.05) is 24.3 Å². The lowest BCUT2D eigenvalue weighted by atomic mass is 10.0. The van der Waals surface area contributed by atoms with E-state index in [-0.39, 0.29) is 11.9 Å². The number of hydrogen-bond acceptors (Lipinski definition) is 6. The third-order valence-corrected chi connectivity index (χ3v) is 4.06. The molecular weight excluding hydrogens is 306 g/mol. The van der Waals surface area contributed by atoms with Crippen molar-refractivity contribution in [2.45, 2.75) is 18.9 Å². The number of carbonyl (C=O) groups excluding carboxylic acids is 1. The lowest BCUT2D eigenvalue weighted by Gasteiger charge is -2.38. The maximum absolute atomic E-state index is 12.5. The Kier molecular flexibility index (Phi) is 3.74. The number of aromatic nitrogens is 4. The van der Waals surface area contributed by atoms with E-state index < -0.39 is 0 Å². The van der Waals surface area contributed by atoms with Crippen molar-refractivity contribution < 1.29 is 9.32 Å². The van der Waals surface area contributed by atoms with Gasteiger partial charge >= 0.3 is 0 Å². The minimum atomic E-state index is -0.146. The molecule has 3 aromatic heterocycles. The molecule has 120 valence electrons. The van der Waals surface area contributed by atoms with Gasteiger partial charge in [-0.1, -0.05) is 11.2 Å². The van der Waals surface area contributed by atoms with Crippen molar-refractivity contribution in [3.8, 4) is 11.4 Å². The van der Waals surface area contributed by atoms with Crippen LogP contribution >= 0.6 is 0 Å². The first-order valence-electron chi connectivity index (χ1n) is 7.73. The smallest absolute Gasteiger partial charge is 0.249 e. The predicted octanol–water partition coefficient (Wildman–Crippen LogP) is 2.04. The van der Waals surface area contributed by atoms with E-state index in [2.05, 4.69) is 20.1 Å². The summed E-state index contributed by atoms with van der Waals surface area (Å²) in [7, 11) is 0. The fourth-order valence-corrected chi connectivity index (χ4v) is 2.70. The molecule has 0 aliphatic carbocycles. The van der Waals surface area contributed by atoms with Gasteiger partial charge in [0.15, 0.2) is 0 Å². The second-order valence-corrected chi connectivity index (χ2v) is 5.63. The Morgan fingerprint density at radius 2 is 2.04 bits per heavy atom. The first-order valence-corrected chi connectivity index (χ1v) is 7.73. The van der Waals surface area contributed by atoms with Crippen molar-refractivity contribution >= 4 is 5.91 Å². The molecule has 1 atom stereocenters. The summed E-state index contributed by atoms with van der Waals surface area (Å²) < 4.78 is 5.36. The van der Waals surface area contributed by atoms with Gasteiger partial charge in [0.1, 0.15) is 6.04 Å². The van der Waals surface area contributed by atoms with Crippen LogP contribution in [-0.4, -0.2) is 37.5 Å². The monoisotopic (exact) mass is 321 g/mol. The minimum absolute atomic E-state index is 0.0420. The molecule has 1 saturated heterocycles. The number of rotatable bonds is 4. The van der Waals surface area contributed by atoms with Crippen molar-refractivity contribution in [2.24, 2.45) is 0 Å². The van der Waals surface area contributed by atoms with Crippen LogP contribution in [-0.2, 0) is 11.2 Å². The highest BCUT2D eigenvalue weighted by Crippen LogP contribution is 2.33. The Morgan fingerprint density at radius 3 is 2.71 bits per heavy atom.